The monoisotopic (exact) mass is 400 g/mol. The van der Waals surface area contributed by atoms with Crippen LogP contribution in [0.2, 0.25) is 5.02 Å². The van der Waals surface area contributed by atoms with Crippen molar-refractivity contribution < 1.29 is 19.4 Å². The van der Waals surface area contributed by atoms with Crippen molar-refractivity contribution in [1.82, 2.24) is 9.88 Å². The summed E-state index contributed by atoms with van der Waals surface area (Å²) in [6.45, 7) is 0.00668. The molecule has 2 heterocycles. The number of fused-ring (bicyclic) bond motifs is 2. The Morgan fingerprint density at radius 1 is 1.18 bits per heavy atom. The number of nitrogens with one attached hydrogen (secondary N) is 1. The number of pyridine rings is 1. The molecule has 144 valence electrons. The van der Waals surface area contributed by atoms with Crippen LogP contribution in [0.25, 0.3) is 10.9 Å². The molecule has 28 heavy (non-hydrogen) atoms. The normalized spacial score (nSPS) is 12.4. The number of rotatable bonds is 5. The second kappa shape index (κ2) is 7.53. The molecule has 0 aliphatic carbocycles. The van der Waals surface area contributed by atoms with Gasteiger partial charge in [0.1, 0.15) is 0 Å². The van der Waals surface area contributed by atoms with Gasteiger partial charge >= 0.3 is 0 Å². The Labute approximate surface area is 165 Å². The van der Waals surface area contributed by atoms with Gasteiger partial charge in [0.05, 0.1) is 29.3 Å². The Morgan fingerprint density at radius 2 is 1.93 bits per heavy atom. The minimum Gasteiger partial charge on any atom is -0.454 e. The van der Waals surface area contributed by atoms with E-state index in [1.807, 2.05) is 0 Å². The first-order valence-electron chi connectivity index (χ1n) is 8.67. The molecule has 0 radical (unpaired) electrons. The Morgan fingerprint density at radius 3 is 2.68 bits per heavy atom. The number of H-pyrrole nitrogens is 1. The first-order chi connectivity index (χ1) is 13.6. The molecule has 2 N–H and O–H groups in total. The number of hydrogen-bond acceptors (Lipinski definition) is 5. The Hall–Kier alpha value is -3.03. The van der Waals surface area contributed by atoms with Crippen LogP contribution in [0.5, 0.6) is 11.5 Å². The third-order valence-electron chi connectivity index (χ3n) is 4.54. The highest BCUT2D eigenvalue weighted by atomic mass is 35.5. The highest BCUT2D eigenvalue weighted by molar-refractivity contribution is 6.33. The third kappa shape index (κ3) is 3.42. The van der Waals surface area contributed by atoms with Gasteiger partial charge in [-0.1, -0.05) is 23.7 Å². The molecule has 7 nitrogen and oxygen atoms in total. The van der Waals surface area contributed by atoms with Crippen molar-refractivity contribution in [3.63, 3.8) is 0 Å². The van der Waals surface area contributed by atoms with Crippen molar-refractivity contribution in [1.29, 1.82) is 0 Å². The molecule has 0 unspecified atom stereocenters. The van der Waals surface area contributed by atoms with Gasteiger partial charge in [0, 0.05) is 23.6 Å². The van der Waals surface area contributed by atoms with Crippen LogP contribution in [0.15, 0.2) is 47.3 Å². The van der Waals surface area contributed by atoms with E-state index >= 15 is 0 Å². The summed E-state index contributed by atoms with van der Waals surface area (Å²) in [5.41, 5.74) is 1.00. The largest absolute Gasteiger partial charge is 0.454 e. The molecular weight excluding hydrogens is 384 g/mol. The molecule has 0 saturated carbocycles. The molecule has 8 heteroatoms. The molecule has 1 aliphatic rings. The van der Waals surface area contributed by atoms with Crippen LogP contribution in [0.3, 0.4) is 0 Å². The summed E-state index contributed by atoms with van der Waals surface area (Å²) in [5, 5.41) is 10.5. The van der Waals surface area contributed by atoms with E-state index in [0.717, 1.165) is 5.39 Å². The summed E-state index contributed by atoms with van der Waals surface area (Å²) in [6.07, 6.45) is 0. The van der Waals surface area contributed by atoms with Gasteiger partial charge in [-0.2, -0.15) is 0 Å². The summed E-state index contributed by atoms with van der Waals surface area (Å²) in [4.78, 5) is 29.6. The van der Waals surface area contributed by atoms with E-state index in [-0.39, 0.29) is 38.0 Å². The molecule has 1 amide bonds. The minimum atomic E-state index is -0.357. The standard InChI is InChI=1S/C20H17ClN2O5/c21-15-4-2-1-3-14(15)20(26)23(5-6-24)10-13-7-12-8-17-18(28-11-27-17)9-16(12)22-19(13)25/h1-4,7-9,24H,5-6,10-11H2,(H,22,25). The van der Waals surface area contributed by atoms with E-state index in [4.69, 9.17) is 21.1 Å². The fraction of sp³-hybridized carbons (Fsp3) is 0.200. The topological polar surface area (TPSA) is 91.9 Å². The van der Waals surface area contributed by atoms with Crippen LogP contribution >= 0.6 is 11.6 Å². The Kier molecular flexibility index (Phi) is 4.93. The lowest BCUT2D eigenvalue weighted by molar-refractivity contribution is 0.0707. The number of aliphatic hydroxyl groups is 1. The van der Waals surface area contributed by atoms with Gasteiger partial charge in [-0.05, 0) is 24.3 Å². The smallest absolute Gasteiger partial charge is 0.255 e. The van der Waals surface area contributed by atoms with Gasteiger partial charge in [-0.25, -0.2) is 0 Å². The summed E-state index contributed by atoms with van der Waals surface area (Å²) in [5.74, 6) is 0.821. The van der Waals surface area contributed by atoms with Crippen LogP contribution in [-0.2, 0) is 6.54 Å². The van der Waals surface area contributed by atoms with Gasteiger partial charge in [0.25, 0.3) is 11.5 Å². The fourth-order valence-corrected chi connectivity index (χ4v) is 3.36. The lowest BCUT2D eigenvalue weighted by Crippen LogP contribution is -2.35. The van der Waals surface area contributed by atoms with Crippen LogP contribution in [-0.4, -0.2) is 40.8 Å². The summed E-state index contributed by atoms with van der Waals surface area (Å²) in [7, 11) is 0. The molecule has 0 bridgehead atoms. The van der Waals surface area contributed by atoms with E-state index in [1.54, 1.807) is 42.5 Å². The van der Waals surface area contributed by atoms with Crippen molar-refractivity contribution in [3.05, 3.63) is 69.0 Å². The summed E-state index contributed by atoms with van der Waals surface area (Å²) >= 11 is 6.13. The predicted molar refractivity (Wildman–Crippen MR) is 104 cm³/mol. The number of aliphatic hydroxyl groups excluding tert-OH is 1. The number of hydrogen-bond donors (Lipinski definition) is 2. The highest BCUT2D eigenvalue weighted by Crippen LogP contribution is 2.35. The molecule has 0 saturated heterocycles. The van der Waals surface area contributed by atoms with Crippen LogP contribution in [0.1, 0.15) is 15.9 Å². The molecule has 0 spiro atoms. The van der Waals surface area contributed by atoms with Gasteiger partial charge < -0.3 is 24.5 Å². The number of ether oxygens (including phenoxy) is 2. The van der Waals surface area contributed by atoms with Crippen molar-refractivity contribution >= 4 is 28.4 Å². The maximum Gasteiger partial charge on any atom is 0.255 e. The van der Waals surface area contributed by atoms with Gasteiger partial charge in [-0.3, -0.25) is 9.59 Å². The van der Waals surface area contributed by atoms with Crippen molar-refractivity contribution in [2.75, 3.05) is 19.9 Å². The molecule has 0 fully saturated rings. The van der Waals surface area contributed by atoms with Gasteiger partial charge in [0.2, 0.25) is 6.79 Å². The van der Waals surface area contributed by atoms with Crippen molar-refractivity contribution in [2.45, 2.75) is 6.54 Å². The third-order valence-corrected chi connectivity index (χ3v) is 4.87. The van der Waals surface area contributed by atoms with Crippen LogP contribution in [0.4, 0.5) is 0 Å². The number of amides is 1. The number of carbonyl (C=O) groups is 1. The second-order valence-corrected chi connectivity index (χ2v) is 6.75. The fourth-order valence-electron chi connectivity index (χ4n) is 3.14. The van der Waals surface area contributed by atoms with Gasteiger partial charge in [0.15, 0.2) is 11.5 Å². The van der Waals surface area contributed by atoms with Crippen molar-refractivity contribution in [3.8, 4) is 11.5 Å². The van der Waals surface area contributed by atoms with Crippen LogP contribution < -0.4 is 15.0 Å². The van der Waals surface area contributed by atoms with Gasteiger partial charge in [-0.15, -0.1) is 0 Å². The van der Waals surface area contributed by atoms with E-state index in [9.17, 15) is 14.7 Å². The number of aromatic nitrogens is 1. The summed E-state index contributed by atoms with van der Waals surface area (Å²) in [6, 6.07) is 11.9. The predicted octanol–water partition coefficient (Wildman–Crippen LogP) is 2.54. The summed E-state index contributed by atoms with van der Waals surface area (Å²) < 4.78 is 10.7. The number of halogens is 1. The molecular formula is C20H17ClN2O5. The number of carbonyl (C=O) groups excluding carboxylic acids is 1. The van der Waals surface area contributed by atoms with E-state index in [0.29, 0.717) is 33.2 Å². The molecule has 4 rings (SSSR count). The average molecular weight is 401 g/mol. The zero-order chi connectivity index (χ0) is 19.7. The van der Waals surface area contributed by atoms with Crippen molar-refractivity contribution in [2.24, 2.45) is 0 Å². The maximum atomic E-state index is 12.9. The molecule has 0 atom stereocenters. The molecule has 1 aliphatic heterocycles. The first kappa shape index (κ1) is 18.3. The number of nitrogens with zero attached hydrogens (tertiary/aromatic N) is 1. The van der Waals surface area contributed by atoms with Crippen LogP contribution in [0, 0.1) is 0 Å². The molecule has 2 aromatic carbocycles. The molecule has 3 aromatic rings. The minimum absolute atomic E-state index is 0.0321. The molecule has 1 aromatic heterocycles. The zero-order valence-corrected chi connectivity index (χ0v) is 15.5. The van der Waals surface area contributed by atoms with E-state index in [1.165, 1.54) is 4.90 Å². The average Bonchev–Trinajstić information content (AvgIpc) is 3.13. The lowest BCUT2D eigenvalue weighted by Gasteiger charge is -2.22. The zero-order valence-electron chi connectivity index (χ0n) is 14.8. The maximum absolute atomic E-state index is 12.9. The van der Waals surface area contributed by atoms with E-state index < -0.39 is 0 Å². The lowest BCUT2D eigenvalue weighted by atomic mass is 10.1. The number of benzene rings is 2. The second-order valence-electron chi connectivity index (χ2n) is 6.35. The quantitative estimate of drug-likeness (QED) is 0.686. The SMILES string of the molecule is O=C(c1ccccc1Cl)N(CCO)Cc1cc2cc3c(cc2[nH]c1=O)OCO3. The first-order valence-corrected chi connectivity index (χ1v) is 9.05. The van der Waals surface area contributed by atoms with E-state index in [2.05, 4.69) is 4.98 Å². The number of aromatic amines is 1. The Bertz CT molecular complexity index is 1110. The Balaban J connectivity index is 1.69. The highest BCUT2D eigenvalue weighted by Gasteiger charge is 2.20.